The zero-order chi connectivity index (χ0) is 26.8. The molecule has 0 aliphatic carbocycles. The number of aromatic nitrogens is 3. The molecule has 0 fully saturated rings. The zero-order valence-corrected chi connectivity index (χ0v) is 20.6. The average Bonchev–Trinajstić information content (AvgIpc) is 2.83. The predicted octanol–water partition coefficient (Wildman–Crippen LogP) is 3.91. The number of pyridine rings is 1. The van der Waals surface area contributed by atoms with Gasteiger partial charge < -0.3 is 26.4 Å². The van der Waals surface area contributed by atoms with Crippen LogP contribution in [0.25, 0.3) is 0 Å². The molecule has 37 heavy (non-hydrogen) atoms. The highest BCUT2D eigenvalue weighted by atomic mass is 19.4. The van der Waals surface area contributed by atoms with Gasteiger partial charge >= 0.3 is 6.18 Å². The van der Waals surface area contributed by atoms with Crippen LogP contribution in [0.15, 0.2) is 42.6 Å². The van der Waals surface area contributed by atoms with E-state index in [-0.39, 0.29) is 29.2 Å². The molecule has 1 aromatic carbocycles. The van der Waals surface area contributed by atoms with Crippen LogP contribution in [0.3, 0.4) is 0 Å². The van der Waals surface area contributed by atoms with Gasteiger partial charge in [0, 0.05) is 24.5 Å². The minimum atomic E-state index is -4.93. The lowest BCUT2D eigenvalue weighted by Crippen LogP contribution is -2.40. The normalized spacial score (nSPS) is 15.0. The van der Waals surface area contributed by atoms with E-state index in [1.165, 1.54) is 23.9 Å². The Labute approximate surface area is 211 Å². The molecule has 0 spiro atoms. The number of nitrogens with one attached hydrogen (secondary N) is 4. The Hall–Kier alpha value is -3.77. The summed E-state index contributed by atoms with van der Waals surface area (Å²) in [6.45, 7) is 5.87. The molecule has 9 nitrogen and oxygen atoms in total. The second-order valence-corrected chi connectivity index (χ2v) is 9.22. The highest BCUT2D eigenvalue weighted by Gasteiger charge is 2.52. The van der Waals surface area contributed by atoms with E-state index in [9.17, 15) is 23.1 Å². The summed E-state index contributed by atoms with van der Waals surface area (Å²) >= 11 is 0. The van der Waals surface area contributed by atoms with Crippen LogP contribution in [-0.2, 0) is 18.6 Å². The van der Waals surface area contributed by atoms with Gasteiger partial charge in [-0.2, -0.15) is 18.2 Å². The summed E-state index contributed by atoms with van der Waals surface area (Å²) in [6, 6.07) is 9.55. The predicted molar refractivity (Wildman–Crippen MR) is 133 cm³/mol. The largest absolute Gasteiger partial charge is 0.422 e. The molecule has 1 amide bonds. The molecular formula is C25H28F3N7O2. The Bertz CT molecular complexity index is 1300. The quantitative estimate of drug-likeness (QED) is 0.321. The van der Waals surface area contributed by atoms with Crippen LogP contribution in [0, 0.1) is 0 Å². The van der Waals surface area contributed by atoms with Gasteiger partial charge in [-0.15, -0.1) is 0 Å². The first-order chi connectivity index (χ1) is 17.4. The van der Waals surface area contributed by atoms with Gasteiger partial charge in [-0.1, -0.05) is 12.1 Å². The number of nitrogens with zero attached hydrogens (tertiary/aromatic N) is 3. The number of carbonyl (C=O) groups excluding carboxylic acids is 1. The topological polar surface area (TPSA) is 124 Å². The SMILES string of the molecule is CC(C)NC(=O)c1cnc(Nc2ccc3c(c2)CNCC3)nc1Nc1cccc(C(C)(O)C(F)(F)F)n1. The number of amides is 1. The second-order valence-electron chi connectivity index (χ2n) is 9.22. The van der Waals surface area contributed by atoms with Crippen molar-refractivity contribution in [2.75, 3.05) is 17.2 Å². The summed E-state index contributed by atoms with van der Waals surface area (Å²) in [5, 5.41) is 22.0. The molecule has 0 saturated heterocycles. The lowest BCUT2D eigenvalue weighted by molar-refractivity contribution is -0.260. The highest BCUT2D eigenvalue weighted by Crippen LogP contribution is 2.38. The van der Waals surface area contributed by atoms with Gasteiger partial charge in [0.2, 0.25) is 5.95 Å². The number of halogens is 3. The Morgan fingerprint density at radius 3 is 2.62 bits per heavy atom. The first-order valence-corrected chi connectivity index (χ1v) is 11.7. The van der Waals surface area contributed by atoms with Crippen molar-refractivity contribution >= 4 is 29.2 Å². The molecule has 3 aromatic rings. The lowest BCUT2D eigenvalue weighted by atomic mass is 10.0. The van der Waals surface area contributed by atoms with E-state index in [4.69, 9.17) is 0 Å². The summed E-state index contributed by atoms with van der Waals surface area (Å²) in [5.74, 6) is -0.301. The number of alkyl halides is 3. The average molecular weight is 516 g/mol. The maximum absolute atomic E-state index is 13.3. The molecule has 0 radical (unpaired) electrons. The number of rotatable bonds is 7. The zero-order valence-electron chi connectivity index (χ0n) is 20.6. The number of anilines is 4. The van der Waals surface area contributed by atoms with Gasteiger partial charge in [-0.3, -0.25) is 4.79 Å². The standard InChI is InChI=1S/C25H28F3N7O2/c1-14(2)31-22(36)18-13-30-23(32-17-8-7-15-9-10-29-12-16(15)11-17)35-21(18)34-20-6-4-5-19(33-20)24(3,37)25(26,27)28/h4-8,11,13-14,29,37H,9-10,12H2,1-3H3,(H,31,36)(H2,30,32,33,34,35). The molecule has 1 unspecified atom stereocenters. The van der Waals surface area contributed by atoms with E-state index in [1.807, 2.05) is 18.2 Å². The van der Waals surface area contributed by atoms with Crippen molar-refractivity contribution in [1.82, 2.24) is 25.6 Å². The number of carbonyl (C=O) groups is 1. The minimum Gasteiger partial charge on any atom is -0.375 e. The van der Waals surface area contributed by atoms with Crippen LogP contribution in [-0.4, -0.2) is 44.7 Å². The first-order valence-electron chi connectivity index (χ1n) is 11.7. The Morgan fingerprint density at radius 2 is 1.89 bits per heavy atom. The van der Waals surface area contributed by atoms with Crippen molar-refractivity contribution in [3.63, 3.8) is 0 Å². The molecule has 196 valence electrons. The molecular weight excluding hydrogens is 487 g/mol. The van der Waals surface area contributed by atoms with Gasteiger partial charge in [0.25, 0.3) is 5.91 Å². The van der Waals surface area contributed by atoms with Gasteiger partial charge in [-0.25, -0.2) is 9.97 Å². The fraction of sp³-hybridized carbons (Fsp3) is 0.360. The van der Waals surface area contributed by atoms with E-state index >= 15 is 0 Å². The lowest BCUT2D eigenvalue weighted by Gasteiger charge is -2.26. The number of hydrogen-bond donors (Lipinski definition) is 5. The van der Waals surface area contributed by atoms with E-state index in [2.05, 4.69) is 36.2 Å². The maximum Gasteiger partial charge on any atom is 0.422 e. The molecule has 1 atom stereocenters. The molecule has 2 aromatic heterocycles. The van der Waals surface area contributed by atoms with Crippen molar-refractivity contribution in [1.29, 1.82) is 0 Å². The summed E-state index contributed by atoms with van der Waals surface area (Å²) in [7, 11) is 0. The van der Waals surface area contributed by atoms with Crippen LogP contribution >= 0.6 is 0 Å². The van der Waals surface area contributed by atoms with Gasteiger partial charge in [-0.05, 0) is 69.1 Å². The summed E-state index contributed by atoms with van der Waals surface area (Å²) in [5.41, 5.74) is -0.539. The minimum absolute atomic E-state index is 0.0339. The van der Waals surface area contributed by atoms with E-state index < -0.39 is 23.4 Å². The van der Waals surface area contributed by atoms with Crippen LogP contribution in [0.4, 0.5) is 36.4 Å². The summed E-state index contributed by atoms with van der Waals surface area (Å²) < 4.78 is 40.0. The first kappa shape index (κ1) is 26.3. The van der Waals surface area contributed by atoms with E-state index in [1.54, 1.807) is 13.8 Å². The third-order valence-corrected chi connectivity index (χ3v) is 5.85. The number of hydrogen-bond acceptors (Lipinski definition) is 8. The fourth-order valence-corrected chi connectivity index (χ4v) is 3.77. The number of fused-ring (bicyclic) bond motifs is 1. The fourth-order valence-electron chi connectivity index (χ4n) is 3.77. The van der Waals surface area contributed by atoms with Crippen molar-refractivity contribution in [2.24, 2.45) is 0 Å². The molecule has 0 saturated carbocycles. The molecule has 3 heterocycles. The summed E-state index contributed by atoms with van der Waals surface area (Å²) in [6.07, 6.45) is -2.67. The van der Waals surface area contributed by atoms with E-state index in [0.717, 1.165) is 36.8 Å². The maximum atomic E-state index is 13.3. The molecule has 4 rings (SSSR count). The molecule has 0 bridgehead atoms. The van der Waals surface area contributed by atoms with Gasteiger partial charge in [0.1, 0.15) is 17.2 Å². The van der Waals surface area contributed by atoms with Crippen molar-refractivity contribution < 1.29 is 23.1 Å². The smallest absolute Gasteiger partial charge is 0.375 e. The molecule has 1 aliphatic heterocycles. The third kappa shape index (κ3) is 5.97. The summed E-state index contributed by atoms with van der Waals surface area (Å²) in [4.78, 5) is 25.4. The van der Waals surface area contributed by atoms with Gasteiger partial charge in [0.05, 0.1) is 5.69 Å². The van der Waals surface area contributed by atoms with Gasteiger partial charge in [0.15, 0.2) is 5.60 Å². The Balaban J connectivity index is 1.66. The molecule has 12 heteroatoms. The van der Waals surface area contributed by atoms with Crippen molar-refractivity contribution in [2.45, 2.75) is 51.6 Å². The number of benzene rings is 1. The number of aliphatic hydroxyl groups is 1. The Kier molecular flexibility index (Phi) is 7.32. The van der Waals surface area contributed by atoms with Crippen molar-refractivity contribution in [3.8, 4) is 0 Å². The van der Waals surface area contributed by atoms with Crippen LogP contribution in [0.2, 0.25) is 0 Å². The third-order valence-electron chi connectivity index (χ3n) is 5.85. The van der Waals surface area contributed by atoms with Crippen LogP contribution < -0.4 is 21.3 Å². The second kappa shape index (κ2) is 10.3. The van der Waals surface area contributed by atoms with Crippen LogP contribution in [0.5, 0.6) is 0 Å². The molecule has 1 aliphatic rings. The van der Waals surface area contributed by atoms with Crippen LogP contribution in [0.1, 0.15) is 48.0 Å². The highest BCUT2D eigenvalue weighted by molar-refractivity contribution is 5.99. The van der Waals surface area contributed by atoms with Crippen molar-refractivity contribution in [3.05, 3.63) is 65.0 Å². The Morgan fingerprint density at radius 1 is 1.11 bits per heavy atom. The van der Waals surface area contributed by atoms with E-state index in [0.29, 0.717) is 6.92 Å². The monoisotopic (exact) mass is 515 g/mol. The molecule has 5 N–H and O–H groups in total.